The number of carbonyl (C=O) groups is 1. The third kappa shape index (κ3) is 2.46. The van der Waals surface area contributed by atoms with Crippen LogP contribution in [0.25, 0.3) is 21.3 Å². The molecule has 5 nitrogen and oxygen atoms in total. The van der Waals surface area contributed by atoms with Gasteiger partial charge in [-0.3, -0.25) is 9.36 Å². The lowest BCUT2D eigenvalue weighted by molar-refractivity contribution is -0.309. The van der Waals surface area contributed by atoms with Crippen LogP contribution in [-0.2, 0) is 4.79 Å². The zero-order valence-electron chi connectivity index (χ0n) is 11.4. The summed E-state index contributed by atoms with van der Waals surface area (Å²) in [7, 11) is 0. The molecule has 0 saturated carbocycles. The van der Waals surface area contributed by atoms with Crippen molar-refractivity contribution in [3.8, 4) is 11.1 Å². The second-order valence-electron chi connectivity index (χ2n) is 4.79. The van der Waals surface area contributed by atoms with Crippen LogP contribution < -0.4 is 10.7 Å². The lowest BCUT2D eigenvalue weighted by Gasteiger charge is -2.15. The van der Waals surface area contributed by atoms with Crippen molar-refractivity contribution in [2.45, 2.75) is 13.0 Å². The Labute approximate surface area is 138 Å². The molecule has 0 radical (unpaired) electrons. The summed E-state index contributed by atoms with van der Waals surface area (Å²) < 4.78 is 2.03. The molecule has 0 amide bonds. The number of benzene rings is 1. The highest BCUT2D eigenvalue weighted by Gasteiger charge is 2.16. The largest absolute Gasteiger partial charge is 0.548 e. The highest BCUT2D eigenvalue weighted by molar-refractivity contribution is 9.10. The highest BCUT2D eigenvalue weighted by atomic mass is 79.9. The molecule has 0 aliphatic heterocycles. The van der Waals surface area contributed by atoms with Gasteiger partial charge >= 0.3 is 0 Å². The molecule has 0 aliphatic rings. The molecule has 1 unspecified atom stereocenters. The molecule has 22 heavy (non-hydrogen) atoms. The second kappa shape index (κ2) is 5.66. The smallest absolute Gasteiger partial charge is 0.263 e. The van der Waals surface area contributed by atoms with E-state index in [9.17, 15) is 14.7 Å². The van der Waals surface area contributed by atoms with Gasteiger partial charge in [-0.25, -0.2) is 4.98 Å². The topological polar surface area (TPSA) is 75.0 Å². The molecule has 2 aromatic heterocycles. The Kier molecular flexibility index (Phi) is 3.84. The number of aromatic nitrogens is 2. The van der Waals surface area contributed by atoms with E-state index in [0.29, 0.717) is 10.2 Å². The van der Waals surface area contributed by atoms with Gasteiger partial charge in [0.2, 0.25) is 0 Å². The maximum absolute atomic E-state index is 12.6. The maximum Gasteiger partial charge on any atom is 0.263 e. The van der Waals surface area contributed by atoms with Crippen molar-refractivity contribution in [3.63, 3.8) is 0 Å². The molecule has 0 N–H and O–H groups in total. The number of carbonyl (C=O) groups excluding carboxylic acids is 1. The van der Waals surface area contributed by atoms with Crippen molar-refractivity contribution in [3.05, 3.63) is 50.8 Å². The number of thiophene rings is 1. The molecule has 0 aliphatic carbocycles. The van der Waals surface area contributed by atoms with Crippen molar-refractivity contribution in [1.29, 1.82) is 0 Å². The number of nitrogens with zero attached hydrogens (tertiary/aromatic N) is 2. The second-order valence-corrected chi connectivity index (χ2v) is 6.56. The molecule has 0 saturated heterocycles. The van der Waals surface area contributed by atoms with E-state index in [2.05, 4.69) is 20.9 Å². The number of hydrogen-bond acceptors (Lipinski definition) is 5. The summed E-state index contributed by atoms with van der Waals surface area (Å²) in [5, 5.41) is 13.3. The van der Waals surface area contributed by atoms with Crippen LogP contribution in [0.4, 0.5) is 0 Å². The van der Waals surface area contributed by atoms with Gasteiger partial charge in [-0.15, -0.1) is 11.3 Å². The Morgan fingerprint density at radius 2 is 2.05 bits per heavy atom. The third-order valence-electron chi connectivity index (χ3n) is 3.43. The van der Waals surface area contributed by atoms with E-state index >= 15 is 0 Å². The van der Waals surface area contributed by atoms with Crippen LogP contribution in [0.1, 0.15) is 13.0 Å². The lowest BCUT2D eigenvalue weighted by Crippen LogP contribution is -2.36. The average Bonchev–Trinajstić information content (AvgIpc) is 2.92. The predicted octanol–water partition coefficient (Wildman–Crippen LogP) is 2.20. The highest BCUT2D eigenvalue weighted by Crippen LogP contribution is 2.31. The molecular formula is C15H10BrN2O3S-. The predicted molar refractivity (Wildman–Crippen MR) is 86.7 cm³/mol. The summed E-state index contributed by atoms with van der Waals surface area (Å²) >= 11 is 4.73. The van der Waals surface area contributed by atoms with Gasteiger partial charge in [0.25, 0.3) is 5.56 Å². The molecule has 3 aromatic rings. The quantitative estimate of drug-likeness (QED) is 0.700. The van der Waals surface area contributed by atoms with Gasteiger partial charge in [-0.1, -0.05) is 28.1 Å². The van der Waals surface area contributed by atoms with Crippen LogP contribution in [-0.4, -0.2) is 15.5 Å². The Morgan fingerprint density at radius 3 is 2.68 bits per heavy atom. The van der Waals surface area contributed by atoms with Gasteiger partial charge in [0.1, 0.15) is 4.83 Å². The zero-order chi connectivity index (χ0) is 15.9. The van der Waals surface area contributed by atoms with Gasteiger partial charge in [-0.05, 0) is 24.6 Å². The summed E-state index contributed by atoms with van der Waals surface area (Å²) in [6.45, 7) is 1.40. The lowest BCUT2D eigenvalue weighted by atomic mass is 10.1. The molecule has 0 spiro atoms. The molecule has 3 rings (SSSR count). The van der Waals surface area contributed by atoms with E-state index in [4.69, 9.17) is 0 Å². The summed E-state index contributed by atoms with van der Waals surface area (Å²) in [5.41, 5.74) is 1.26. The van der Waals surface area contributed by atoms with E-state index in [0.717, 1.165) is 20.2 Å². The normalized spacial score (nSPS) is 12.5. The van der Waals surface area contributed by atoms with E-state index in [1.54, 1.807) is 0 Å². The van der Waals surface area contributed by atoms with E-state index in [-0.39, 0.29) is 5.56 Å². The van der Waals surface area contributed by atoms with Gasteiger partial charge in [-0.2, -0.15) is 0 Å². The summed E-state index contributed by atoms with van der Waals surface area (Å²) in [6, 6.07) is 6.49. The van der Waals surface area contributed by atoms with Gasteiger partial charge in [0, 0.05) is 15.4 Å². The Balaban J connectivity index is 2.25. The van der Waals surface area contributed by atoms with Crippen molar-refractivity contribution in [2.75, 3.05) is 0 Å². The van der Waals surface area contributed by atoms with Crippen LogP contribution in [0.3, 0.4) is 0 Å². The minimum atomic E-state index is -1.32. The Morgan fingerprint density at radius 1 is 1.36 bits per heavy atom. The molecule has 0 fully saturated rings. The molecule has 112 valence electrons. The fourth-order valence-electron chi connectivity index (χ4n) is 2.18. The minimum absolute atomic E-state index is 0.374. The first-order chi connectivity index (χ1) is 10.5. The molecule has 0 bridgehead atoms. The number of carboxylic acids is 1. The van der Waals surface area contributed by atoms with Crippen molar-refractivity contribution in [2.24, 2.45) is 0 Å². The first-order valence-electron chi connectivity index (χ1n) is 6.44. The van der Waals surface area contributed by atoms with Gasteiger partial charge < -0.3 is 9.90 Å². The fourth-order valence-corrected chi connectivity index (χ4v) is 3.35. The summed E-state index contributed by atoms with van der Waals surface area (Å²) in [5.74, 6) is -1.32. The van der Waals surface area contributed by atoms with E-state index < -0.39 is 12.0 Å². The Hall–Kier alpha value is -1.99. The molecule has 7 heteroatoms. The van der Waals surface area contributed by atoms with Crippen LogP contribution in [0, 0.1) is 0 Å². The number of halogens is 1. The number of rotatable bonds is 3. The van der Waals surface area contributed by atoms with Crippen LogP contribution >= 0.6 is 27.3 Å². The SMILES string of the molecule is CC(C(=O)[O-])n1cnc2scc(-c3ccc(Br)cc3)c2c1=O. The van der Waals surface area contributed by atoms with Gasteiger partial charge in [0.15, 0.2) is 0 Å². The molecule has 1 atom stereocenters. The van der Waals surface area contributed by atoms with Crippen LogP contribution in [0.2, 0.25) is 0 Å². The van der Waals surface area contributed by atoms with E-state index in [1.807, 2.05) is 29.6 Å². The number of carboxylic acid groups (broad SMARTS) is 1. The maximum atomic E-state index is 12.6. The van der Waals surface area contributed by atoms with Crippen molar-refractivity contribution < 1.29 is 9.90 Å². The van der Waals surface area contributed by atoms with Gasteiger partial charge in [0.05, 0.1) is 23.7 Å². The zero-order valence-corrected chi connectivity index (χ0v) is 13.8. The van der Waals surface area contributed by atoms with E-state index in [1.165, 1.54) is 24.6 Å². The number of hydrogen-bond donors (Lipinski definition) is 0. The summed E-state index contributed by atoms with van der Waals surface area (Å²) in [4.78, 5) is 28.4. The fraction of sp³-hybridized carbons (Fsp3) is 0.133. The van der Waals surface area contributed by atoms with Crippen LogP contribution in [0.5, 0.6) is 0 Å². The van der Waals surface area contributed by atoms with Crippen molar-refractivity contribution >= 4 is 43.5 Å². The number of fused-ring (bicyclic) bond motifs is 1. The minimum Gasteiger partial charge on any atom is -0.548 e. The molecule has 2 heterocycles. The molecule has 1 aromatic carbocycles. The van der Waals surface area contributed by atoms with Crippen LogP contribution in [0.15, 0.2) is 45.2 Å². The third-order valence-corrected chi connectivity index (χ3v) is 4.85. The monoisotopic (exact) mass is 377 g/mol. The average molecular weight is 378 g/mol. The Bertz CT molecular complexity index is 915. The number of aliphatic carboxylic acids is 1. The standard InChI is InChI=1S/C15H11BrN2O3S/c1-8(15(20)21)18-7-17-13-12(14(18)19)11(6-22-13)9-2-4-10(16)5-3-9/h2-8H,1H3,(H,20,21)/p-1. The van der Waals surface area contributed by atoms with Crippen molar-refractivity contribution in [1.82, 2.24) is 9.55 Å². The first-order valence-corrected chi connectivity index (χ1v) is 8.11. The first kappa shape index (κ1) is 14.9. The summed E-state index contributed by atoms with van der Waals surface area (Å²) in [6.07, 6.45) is 1.26. The molecular weight excluding hydrogens is 368 g/mol.